The van der Waals surface area contributed by atoms with Crippen molar-refractivity contribution in [2.45, 2.75) is 31.2 Å². The first-order valence-corrected chi connectivity index (χ1v) is 6.39. The summed E-state index contributed by atoms with van der Waals surface area (Å²) in [6.07, 6.45) is 5.49. The molecule has 1 saturated carbocycles. The lowest BCUT2D eigenvalue weighted by Crippen LogP contribution is -2.20. The fraction of sp³-hybridized carbons (Fsp3) is 0.700. The van der Waals surface area contributed by atoms with E-state index in [2.05, 4.69) is 10.3 Å². The predicted molar refractivity (Wildman–Crippen MR) is 60.8 cm³/mol. The fourth-order valence-corrected chi connectivity index (χ4v) is 2.89. The van der Waals surface area contributed by atoms with Crippen molar-refractivity contribution in [2.24, 2.45) is 5.92 Å². The van der Waals surface area contributed by atoms with Crippen LogP contribution in [0.15, 0.2) is 11.6 Å². The first kappa shape index (κ1) is 10.4. The summed E-state index contributed by atoms with van der Waals surface area (Å²) in [6, 6.07) is 0. The lowest BCUT2D eigenvalue weighted by atomic mass is 10.1. The van der Waals surface area contributed by atoms with Crippen LogP contribution in [0.25, 0.3) is 0 Å². The molecule has 0 radical (unpaired) electrons. The summed E-state index contributed by atoms with van der Waals surface area (Å²) >= 11 is 7.75. The Labute approximate surface area is 93.7 Å². The second-order valence-corrected chi connectivity index (χ2v) is 5.43. The summed E-state index contributed by atoms with van der Waals surface area (Å²) in [5.74, 6) is 0.775. The molecule has 1 aliphatic rings. The van der Waals surface area contributed by atoms with E-state index in [0.29, 0.717) is 5.38 Å². The van der Waals surface area contributed by atoms with Crippen molar-refractivity contribution >= 4 is 22.9 Å². The van der Waals surface area contributed by atoms with Gasteiger partial charge in [0, 0.05) is 23.5 Å². The number of hydrogen-bond acceptors (Lipinski definition) is 3. The van der Waals surface area contributed by atoms with E-state index in [-0.39, 0.29) is 0 Å². The van der Waals surface area contributed by atoms with Gasteiger partial charge in [0.25, 0.3) is 0 Å². The van der Waals surface area contributed by atoms with Crippen LogP contribution in [0.5, 0.6) is 0 Å². The molecule has 4 heteroatoms. The van der Waals surface area contributed by atoms with Crippen molar-refractivity contribution in [3.63, 3.8) is 0 Å². The maximum absolute atomic E-state index is 6.05. The van der Waals surface area contributed by atoms with E-state index in [1.54, 1.807) is 11.3 Å². The minimum absolute atomic E-state index is 0.418. The van der Waals surface area contributed by atoms with E-state index in [1.165, 1.54) is 24.3 Å². The lowest BCUT2D eigenvalue weighted by Gasteiger charge is -2.09. The monoisotopic (exact) mass is 230 g/mol. The summed E-state index contributed by atoms with van der Waals surface area (Å²) in [5.41, 5.74) is 0. The highest BCUT2D eigenvalue weighted by Crippen LogP contribution is 2.28. The second-order valence-electron chi connectivity index (χ2n) is 3.83. The Hall–Kier alpha value is -0.120. The normalized spacial score (nSPS) is 26.9. The van der Waals surface area contributed by atoms with E-state index in [4.69, 9.17) is 11.6 Å². The van der Waals surface area contributed by atoms with Crippen LogP contribution in [0.3, 0.4) is 0 Å². The maximum atomic E-state index is 6.05. The van der Waals surface area contributed by atoms with Crippen molar-refractivity contribution < 1.29 is 0 Å². The number of hydrogen-bond donors (Lipinski definition) is 1. The Kier molecular flexibility index (Phi) is 3.79. The molecule has 1 heterocycles. The smallest absolute Gasteiger partial charge is 0.106 e. The third-order valence-electron chi connectivity index (χ3n) is 2.67. The zero-order valence-electron chi connectivity index (χ0n) is 8.08. The highest BCUT2D eigenvalue weighted by molar-refractivity contribution is 7.09. The number of thiazole rings is 1. The van der Waals surface area contributed by atoms with Crippen molar-refractivity contribution in [3.05, 3.63) is 16.6 Å². The molecule has 0 aliphatic heterocycles. The molecule has 78 valence electrons. The average Bonchev–Trinajstić information content (AvgIpc) is 2.77. The zero-order chi connectivity index (χ0) is 9.80. The fourth-order valence-electron chi connectivity index (χ4n) is 1.92. The average molecular weight is 231 g/mol. The van der Waals surface area contributed by atoms with Gasteiger partial charge in [-0.1, -0.05) is 0 Å². The molecule has 1 aromatic rings. The number of halogens is 1. The van der Waals surface area contributed by atoms with Crippen LogP contribution >= 0.6 is 22.9 Å². The quantitative estimate of drug-likeness (QED) is 0.805. The number of rotatable bonds is 4. The Morgan fingerprint density at radius 1 is 1.57 bits per heavy atom. The number of alkyl halides is 1. The minimum Gasteiger partial charge on any atom is -0.310 e. The highest BCUT2D eigenvalue weighted by atomic mass is 35.5. The molecule has 1 fully saturated rings. The van der Waals surface area contributed by atoms with E-state index >= 15 is 0 Å². The number of nitrogens with one attached hydrogen (secondary N) is 1. The molecular formula is C10H15ClN2S. The number of nitrogens with zero attached hydrogens (tertiary/aromatic N) is 1. The Morgan fingerprint density at radius 2 is 2.50 bits per heavy atom. The molecule has 2 rings (SSSR count). The molecule has 2 atom stereocenters. The Morgan fingerprint density at radius 3 is 3.14 bits per heavy atom. The summed E-state index contributed by atoms with van der Waals surface area (Å²) in [7, 11) is 0. The first-order chi connectivity index (χ1) is 6.84. The van der Waals surface area contributed by atoms with Crippen molar-refractivity contribution in [2.75, 3.05) is 6.54 Å². The SMILES string of the molecule is ClC1CCC(CNCc2nccs2)C1. The third-order valence-corrected chi connectivity index (χ3v) is 3.85. The lowest BCUT2D eigenvalue weighted by molar-refractivity contribution is 0.489. The standard InChI is InChI=1S/C10H15ClN2S/c11-9-2-1-8(5-9)6-12-7-10-13-3-4-14-10/h3-4,8-9,12H,1-2,5-7H2. The van der Waals surface area contributed by atoms with Crippen LogP contribution in [0.4, 0.5) is 0 Å². The van der Waals surface area contributed by atoms with E-state index in [1.807, 2.05) is 11.6 Å². The van der Waals surface area contributed by atoms with Crippen molar-refractivity contribution in [3.8, 4) is 0 Å². The van der Waals surface area contributed by atoms with Crippen LogP contribution < -0.4 is 5.32 Å². The van der Waals surface area contributed by atoms with Gasteiger partial charge in [-0.2, -0.15) is 0 Å². The van der Waals surface area contributed by atoms with Crippen LogP contribution in [-0.2, 0) is 6.54 Å². The molecule has 14 heavy (non-hydrogen) atoms. The molecule has 0 aromatic carbocycles. The van der Waals surface area contributed by atoms with Gasteiger partial charge in [-0.15, -0.1) is 22.9 Å². The van der Waals surface area contributed by atoms with Gasteiger partial charge < -0.3 is 5.32 Å². The van der Waals surface area contributed by atoms with Gasteiger partial charge >= 0.3 is 0 Å². The second kappa shape index (κ2) is 5.10. The topological polar surface area (TPSA) is 24.9 Å². The van der Waals surface area contributed by atoms with Crippen LogP contribution in [0, 0.1) is 5.92 Å². The first-order valence-electron chi connectivity index (χ1n) is 5.08. The largest absolute Gasteiger partial charge is 0.310 e. The molecule has 1 aliphatic carbocycles. The molecule has 1 aromatic heterocycles. The van der Waals surface area contributed by atoms with E-state index in [9.17, 15) is 0 Å². The molecule has 2 nitrogen and oxygen atoms in total. The molecule has 0 spiro atoms. The molecule has 1 N–H and O–H groups in total. The summed E-state index contributed by atoms with van der Waals surface area (Å²) in [6.45, 7) is 1.99. The molecule has 0 bridgehead atoms. The van der Waals surface area contributed by atoms with Gasteiger partial charge in [0.2, 0.25) is 0 Å². The van der Waals surface area contributed by atoms with Crippen molar-refractivity contribution in [1.82, 2.24) is 10.3 Å². The summed E-state index contributed by atoms with van der Waals surface area (Å²) < 4.78 is 0. The third kappa shape index (κ3) is 2.94. The Balaban J connectivity index is 1.64. The molecule has 2 unspecified atom stereocenters. The summed E-state index contributed by atoms with van der Waals surface area (Å²) in [5, 5.41) is 7.04. The Bertz CT molecular complexity index is 263. The van der Waals surface area contributed by atoms with E-state index < -0.39 is 0 Å². The zero-order valence-corrected chi connectivity index (χ0v) is 9.65. The highest BCUT2D eigenvalue weighted by Gasteiger charge is 2.22. The predicted octanol–water partition coefficient (Wildman–Crippen LogP) is 2.64. The number of aromatic nitrogens is 1. The van der Waals surface area contributed by atoms with Gasteiger partial charge in [0.15, 0.2) is 0 Å². The molecule has 0 saturated heterocycles. The molecule has 0 amide bonds. The summed E-state index contributed by atoms with van der Waals surface area (Å²) in [4.78, 5) is 4.23. The minimum atomic E-state index is 0.418. The van der Waals surface area contributed by atoms with Gasteiger partial charge in [0.05, 0.1) is 0 Å². The van der Waals surface area contributed by atoms with Crippen molar-refractivity contribution in [1.29, 1.82) is 0 Å². The molecular weight excluding hydrogens is 216 g/mol. The van der Waals surface area contributed by atoms with Gasteiger partial charge in [0.1, 0.15) is 5.01 Å². The van der Waals surface area contributed by atoms with Crippen LogP contribution in [0.2, 0.25) is 0 Å². The maximum Gasteiger partial charge on any atom is 0.106 e. The van der Waals surface area contributed by atoms with Crippen LogP contribution in [0.1, 0.15) is 24.3 Å². The van der Waals surface area contributed by atoms with E-state index in [0.717, 1.165) is 19.0 Å². The van der Waals surface area contributed by atoms with Gasteiger partial charge in [-0.3, -0.25) is 0 Å². The van der Waals surface area contributed by atoms with Crippen LogP contribution in [-0.4, -0.2) is 16.9 Å². The van der Waals surface area contributed by atoms with Gasteiger partial charge in [-0.25, -0.2) is 4.98 Å². The van der Waals surface area contributed by atoms with Gasteiger partial charge in [-0.05, 0) is 31.7 Å².